The molecule has 1 fully saturated rings. The van der Waals surface area contributed by atoms with Gasteiger partial charge in [-0.15, -0.1) is 0 Å². The average molecular weight is 363 g/mol. The van der Waals surface area contributed by atoms with E-state index in [1.807, 2.05) is 30.3 Å². The molecular formula is C22H22FN3O. The highest BCUT2D eigenvalue weighted by Gasteiger charge is 2.17. The van der Waals surface area contributed by atoms with E-state index in [0.29, 0.717) is 11.3 Å². The fraction of sp³-hybridized carbons (Fsp3) is 0.273. The molecule has 5 heteroatoms. The molecule has 0 unspecified atom stereocenters. The lowest BCUT2D eigenvalue weighted by Gasteiger charge is -2.22. The summed E-state index contributed by atoms with van der Waals surface area (Å²) in [5.74, 6) is 0.307. The third kappa shape index (κ3) is 3.92. The highest BCUT2D eigenvalue weighted by molar-refractivity contribution is 6.13. The summed E-state index contributed by atoms with van der Waals surface area (Å²) in [7, 11) is 0. The Morgan fingerprint density at radius 1 is 0.963 bits per heavy atom. The smallest absolute Gasteiger partial charge is 0.256 e. The molecular weight excluding hydrogens is 341 g/mol. The Balaban J connectivity index is 1.71. The van der Waals surface area contributed by atoms with Crippen molar-refractivity contribution in [1.82, 2.24) is 4.98 Å². The molecule has 0 spiro atoms. The summed E-state index contributed by atoms with van der Waals surface area (Å²) in [6.07, 6.45) is 4.77. The van der Waals surface area contributed by atoms with E-state index in [-0.39, 0.29) is 11.7 Å². The maximum absolute atomic E-state index is 13.1. The van der Waals surface area contributed by atoms with Crippen LogP contribution >= 0.6 is 0 Å². The zero-order valence-electron chi connectivity index (χ0n) is 15.1. The standard InChI is InChI=1S/C22H22FN3O/c23-16-9-11-17(12-10-16)24-22(27)19-15-21(26-13-5-1-2-6-14-26)25-20-8-4-3-7-18(19)20/h3-4,7-12,15H,1-2,5-6,13-14H2,(H,24,27). The van der Waals surface area contributed by atoms with Gasteiger partial charge in [-0.3, -0.25) is 4.79 Å². The minimum Gasteiger partial charge on any atom is -0.357 e. The first-order valence-corrected chi connectivity index (χ1v) is 9.42. The van der Waals surface area contributed by atoms with E-state index >= 15 is 0 Å². The zero-order valence-corrected chi connectivity index (χ0v) is 15.1. The van der Waals surface area contributed by atoms with Crippen molar-refractivity contribution in [3.05, 3.63) is 66.0 Å². The summed E-state index contributed by atoms with van der Waals surface area (Å²) in [6, 6.07) is 15.4. The molecule has 1 aromatic heterocycles. The lowest BCUT2D eigenvalue weighted by atomic mass is 10.1. The first kappa shape index (κ1) is 17.5. The number of rotatable bonds is 3. The highest BCUT2D eigenvalue weighted by Crippen LogP contribution is 2.26. The second-order valence-corrected chi connectivity index (χ2v) is 6.91. The second kappa shape index (κ2) is 7.74. The number of hydrogen-bond donors (Lipinski definition) is 1. The minimum atomic E-state index is -0.328. The van der Waals surface area contributed by atoms with E-state index in [1.165, 1.54) is 25.0 Å². The third-order valence-electron chi connectivity index (χ3n) is 4.98. The summed E-state index contributed by atoms with van der Waals surface area (Å²) >= 11 is 0. The maximum Gasteiger partial charge on any atom is 0.256 e. The average Bonchev–Trinajstić information content (AvgIpc) is 2.98. The molecule has 3 aromatic rings. The molecule has 1 amide bonds. The Labute approximate surface area is 158 Å². The van der Waals surface area contributed by atoms with Crippen LogP contribution in [0.2, 0.25) is 0 Å². The van der Waals surface area contributed by atoms with Crippen molar-refractivity contribution in [3.63, 3.8) is 0 Å². The molecule has 0 aliphatic carbocycles. The van der Waals surface area contributed by atoms with Crippen LogP contribution in [0.1, 0.15) is 36.0 Å². The van der Waals surface area contributed by atoms with Gasteiger partial charge in [0.25, 0.3) is 5.91 Å². The quantitative estimate of drug-likeness (QED) is 0.712. The van der Waals surface area contributed by atoms with Crippen LogP contribution in [0.5, 0.6) is 0 Å². The lowest BCUT2D eigenvalue weighted by Crippen LogP contribution is -2.25. The Morgan fingerprint density at radius 2 is 1.67 bits per heavy atom. The van der Waals surface area contributed by atoms with Crippen molar-refractivity contribution >= 4 is 28.3 Å². The summed E-state index contributed by atoms with van der Waals surface area (Å²) in [5, 5.41) is 3.68. The van der Waals surface area contributed by atoms with E-state index in [0.717, 1.165) is 42.7 Å². The largest absolute Gasteiger partial charge is 0.357 e. The number of hydrogen-bond acceptors (Lipinski definition) is 3. The fourth-order valence-electron chi connectivity index (χ4n) is 3.54. The third-order valence-corrected chi connectivity index (χ3v) is 4.98. The summed E-state index contributed by atoms with van der Waals surface area (Å²) in [5.41, 5.74) is 1.96. The first-order chi connectivity index (χ1) is 13.2. The highest BCUT2D eigenvalue weighted by atomic mass is 19.1. The van der Waals surface area contributed by atoms with Crippen LogP contribution in [0.4, 0.5) is 15.9 Å². The van der Waals surface area contributed by atoms with E-state index in [2.05, 4.69) is 10.2 Å². The Bertz CT molecular complexity index is 947. The van der Waals surface area contributed by atoms with Gasteiger partial charge in [-0.1, -0.05) is 31.0 Å². The van der Waals surface area contributed by atoms with E-state index < -0.39 is 0 Å². The number of anilines is 2. The molecule has 1 saturated heterocycles. The van der Waals surface area contributed by atoms with Crippen LogP contribution in [0.3, 0.4) is 0 Å². The molecule has 0 saturated carbocycles. The van der Waals surface area contributed by atoms with Gasteiger partial charge >= 0.3 is 0 Å². The maximum atomic E-state index is 13.1. The number of aromatic nitrogens is 1. The molecule has 0 bridgehead atoms. The lowest BCUT2D eigenvalue weighted by molar-refractivity contribution is 0.102. The van der Waals surface area contributed by atoms with Gasteiger partial charge in [-0.2, -0.15) is 0 Å². The number of halogens is 1. The van der Waals surface area contributed by atoms with Gasteiger partial charge in [-0.25, -0.2) is 9.37 Å². The minimum absolute atomic E-state index is 0.212. The van der Waals surface area contributed by atoms with E-state index in [4.69, 9.17) is 4.98 Å². The number of benzene rings is 2. The number of nitrogens with one attached hydrogen (secondary N) is 1. The molecule has 2 heterocycles. The summed E-state index contributed by atoms with van der Waals surface area (Å²) in [6.45, 7) is 1.93. The molecule has 1 aliphatic heterocycles. The number of pyridine rings is 1. The van der Waals surface area contributed by atoms with Crippen LogP contribution < -0.4 is 10.2 Å². The van der Waals surface area contributed by atoms with Gasteiger partial charge in [0.1, 0.15) is 11.6 Å². The van der Waals surface area contributed by atoms with Crippen LogP contribution in [0, 0.1) is 5.82 Å². The predicted molar refractivity (Wildman–Crippen MR) is 107 cm³/mol. The predicted octanol–water partition coefficient (Wildman–Crippen LogP) is 5.01. The van der Waals surface area contributed by atoms with Gasteiger partial charge in [0.2, 0.25) is 0 Å². The van der Waals surface area contributed by atoms with Crippen molar-refractivity contribution in [2.45, 2.75) is 25.7 Å². The van der Waals surface area contributed by atoms with Crippen molar-refractivity contribution in [1.29, 1.82) is 0 Å². The van der Waals surface area contributed by atoms with Crippen LogP contribution in [-0.2, 0) is 0 Å². The molecule has 4 rings (SSSR count). The Morgan fingerprint density at radius 3 is 2.41 bits per heavy atom. The number of amides is 1. The van der Waals surface area contributed by atoms with Crippen LogP contribution in [-0.4, -0.2) is 24.0 Å². The molecule has 27 heavy (non-hydrogen) atoms. The molecule has 138 valence electrons. The molecule has 0 radical (unpaired) electrons. The van der Waals surface area contributed by atoms with Crippen LogP contribution in [0.25, 0.3) is 10.9 Å². The van der Waals surface area contributed by atoms with Gasteiger partial charge in [0.15, 0.2) is 0 Å². The number of para-hydroxylation sites is 1. The fourth-order valence-corrected chi connectivity index (χ4v) is 3.54. The molecule has 2 aromatic carbocycles. The van der Waals surface area contributed by atoms with Crippen molar-refractivity contribution in [2.24, 2.45) is 0 Å². The van der Waals surface area contributed by atoms with Crippen molar-refractivity contribution in [3.8, 4) is 0 Å². The molecule has 1 N–H and O–H groups in total. The van der Waals surface area contributed by atoms with Gasteiger partial charge in [-0.05, 0) is 49.2 Å². The van der Waals surface area contributed by atoms with E-state index in [1.54, 1.807) is 12.1 Å². The zero-order chi connectivity index (χ0) is 18.6. The van der Waals surface area contributed by atoms with Crippen molar-refractivity contribution in [2.75, 3.05) is 23.3 Å². The number of nitrogens with zero attached hydrogens (tertiary/aromatic N) is 2. The Kier molecular flexibility index (Phi) is 5.01. The van der Waals surface area contributed by atoms with E-state index in [9.17, 15) is 9.18 Å². The second-order valence-electron chi connectivity index (χ2n) is 6.91. The summed E-state index contributed by atoms with van der Waals surface area (Å²) in [4.78, 5) is 20.0. The normalized spacial score (nSPS) is 14.8. The SMILES string of the molecule is O=C(Nc1ccc(F)cc1)c1cc(N2CCCCCC2)nc2ccccc12. The molecule has 4 nitrogen and oxygen atoms in total. The van der Waals surface area contributed by atoms with Gasteiger partial charge in [0, 0.05) is 24.2 Å². The number of carbonyl (C=O) groups is 1. The Hall–Kier alpha value is -2.95. The van der Waals surface area contributed by atoms with Gasteiger partial charge < -0.3 is 10.2 Å². The topological polar surface area (TPSA) is 45.2 Å². The van der Waals surface area contributed by atoms with Crippen molar-refractivity contribution < 1.29 is 9.18 Å². The molecule has 1 aliphatic rings. The molecule has 0 atom stereocenters. The monoisotopic (exact) mass is 363 g/mol. The summed E-state index contributed by atoms with van der Waals surface area (Å²) < 4.78 is 13.1. The number of carbonyl (C=O) groups excluding carboxylic acids is 1. The van der Waals surface area contributed by atoms with Crippen LogP contribution in [0.15, 0.2) is 54.6 Å². The first-order valence-electron chi connectivity index (χ1n) is 9.42. The number of fused-ring (bicyclic) bond motifs is 1. The van der Waals surface area contributed by atoms with Gasteiger partial charge in [0.05, 0.1) is 11.1 Å².